The molecule has 1 aromatic carbocycles. The van der Waals surface area contributed by atoms with E-state index < -0.39 is 0 Å². The van der Waals surface area contributed by atoms with Crippen LogP contribution in [0.2, 0.25) is 0 Å². The molecule has 0 spiro atoms. The minimum Gasteiger partial charge on any atom is -0.482 e. The molecule has 12 nitrogen and oxygen atoms in total. The maximum Gasteiger partial charge on any atom is 0.278 e. The summed E-state index contributed by atoms with van der Waals surface area (Å²) in [5.41, 5.74) is 3.42. The van der Waals surface area contributed by atoms with Crippen molar-refractivity contribution in [3.8, 4) is 11.4 Å². The zero-order valence-corrected chi connectivity index (χ0v) is 26.1. The summed E-state index contributed by atoms with van der Waals surface area (Å²) in [7, 11) is 0. The Hall–Kier alpha value is -4.97. The van der Waals surface area contributed by atoms with E-state index in [9.17, 15) is 9.59 Å². The topological polar surface area (TPSA) is 115 Å². The lowest BCUT2D eigenvalue weighted by Crippen LogP contribution is -2.39. The number of carbonyl (C=O) groups excluding carboxylic acids is 1. The number of nitrogens with one attached hydrogen (secondary N) is 1. The van der Waals surface area contributed by atoms with Gasteiger partial charge >= 0.3 is 0 Å². The number of amides is 1. The van der Waals surface area contributed by atoms with Crippen molar-refractivity contribution in [2.45, 2.75) is 58.2 Å². The van der Waals surface area contributed by atoms with Gasteiger partial charge in [0.05, 0.1) is 29.8 Å². The van der Waals surface area contributed by atoms with E-state index in [-0.39, 0.29) is 18.1 Å². The van der Waals surface area contributed by atoms with Crippen molar-refractivity contribution < 1.29 is 9.53 Å². The molecule has 46 heavy (non-hydrogen) atoms. The molecular formula is C34H37N9O3. The Morgan fingerprint density at radius 1 is 0.978 bits per heavy atom. The molecule has 1 saturated heterocycles. The second-order valence-corrected chi connectivity index (χ2v) is 12.6. The minimum absolute atomic E-state index is 0.0184. The first-order valence-electron chi connectivity index (χ1n) is 16.1. The number of nitrogens with zero attached hydrogens (tertiary/aromatic N) is 8. The maximum atomic E-state index is 13.6. The van der Waals surface area contributed by atoms with Crippen molar-refractivity contribution >= 4 is 45.3 Å². The van der Waals surface area contributed by atoms with Gasteiger partial charge in [-0.3, -0.25) is 9.59 Å². The summed E-state index contributed by atoms with van der Waals surface area (Å²) < 4.78 is 11.5. The number of fused-ring (bicyclic) bond motifs is 6. The van der Waals surface area contributed by atoms with Crippen LogP contribution in [0, 0.1) is 0 Å². The zero-order valence-electron chi connectivity index (χ0n) is 26.1. The van der Waals surface area contributed by atoms with Gasteiger partial charge in [0.25, 0.3) is 11.5 Å². The van der Waals surface area contributed by atoms with E-state index in [0.717, 1.165) is 55.5 Å². The van der Waals surface area contributed by atoms with E-state index in [1.807, 2.05) is 30.5 Å². The second-order valence-electron chi connectivity index (χ2n) is 12.6. The lowest BCUT2D eigenvalue weighted by Gasteiger charge is -2.35. The van der Waals surface area contributed by atoms with Gasteiger partial charge in [-0.15, -0.1) is 0 Å². The number of piperidine rings is 1. The molecule has 0 radical (unpaired) electrons. The number of allylic oxidation sites excluding steroid dienone is 2. The smallest absolute Gasteiger partial charge is 0.278 e. The molecule has 4 aromatic heterocycles. The average molecular weight is 620 g/mol. The molecule has 2 bridgehead atoms. The van der Waals surface area contributed by atoms with E-state index >= 15 is 0 Å². The highest BCUT2D eigenvalue weighted by molar-refractivity contribution is 5.98. The monoisotopic (exact) mass is 619 g/mol. The summed E-state index contributed by atoms with van der Waals surface area (Å²) in [6.07, 6.45) is 13.4. The molecule has 12 heteroatoms. The van der Waals surface area contributed by atoms with Gasteiger partial charge in [0.2, 0.25) is 5.95 Å². The number of rotatable bonds is 4. The van der Waals surface area contributed by atoms with Crippen molar-refractivity contribution in [1.29, 1.82) is 0 Å². The van der Waals surface area contributed by atoms with Crippen molar-refractivity contribution in [2.75, 3.05) is 36.5 Å². The van der Waals surface area contributed by atoms with Crippen molar-refractivity contribution in [2.24, 2.45) is 0 Å². The second kappa shape index (κ2) is 11.4. The average Bonchev–Trinajstić information content (AvgIpc) is 3.60. The molecule has 7 heterocycles. The molecule has 8 rings (SSSR count). The van der Waals surface area contributed by atoms with Crippen LogP contribution in [0.5, 0.6) is 5.75 Å². The third-order valence-corrected chi connectivity index (χ3v) is 9.44. The van der Waals surface area contributed by atoms with Crippen molar-refractivity contribution in [1.82, 2.24) is 33.8 Å². The first-order chi connectivity index (χ1) is 22.4. The van der Waals surface area contributed by atoms with Gasteiger partial charge in [-0.2, -0.15) is 4.98 Å². The van der Waals surface area contributed by atoms with Crippen LogP contribution < -0.4 is 20.5 Å². The number of likely N-dealkylation sites (tertiary alicyclic amines) is 1. The highest BCUT2D eigenvalue weighted by atomic mass is 16.5. The standard InChI is InChI=1S/C34H37N9O3/c1-22(2)39-14-10-25(11-15-39)40-16-9-23-17-24(19-35-31(23)40)37-34-36-20-27-32(38-34)43-26-7-8-29-28(18-26)41(30(44)21-46-29)12-5-3-4-6-13-42(43)33(27)45/h4,6-9,16-20,22,25H,3,5,10-15,21H2,1-2H3,(H,36,37,38). The van der Waals surface area contributed by atoms with Gasteiger partial charge in [-0.25, -0.2) is 19.3 Å². The van der Waals surface area contributed by atoms with Gasteiger partial charge in [0.15, 0.2) is 12.3 Å². The van der Waals surface area contributed by atoms with E-state index in [2.05, 4.69) is 58.0 Å². The van der Waals surface area contributed by atoms with Crippen molar-refractivity contribution in [3.63, 3.8) is 0 Å². The number of pyridine rings is 1. The van der Waals surface area contributed by atoms with Gasteiger partial charge < -0.3 is 24.4 Å². The van der Waals surface area contributed by atoms with Crippen LogP contribution in [0.1, 0.15) is 45.6 Å². The fourth-order valence-electron chi connectivity index (χ4n) is 6.96. The van der Waals surface area contributed by atoms with E-state index in [1.165, 1.54) is 0 Å². The van der Waals surface area contributed by atoms with E-state index in [0.29, 0.717) is 59.3 Å². The summed E-state index contributed by atoms with van der Waals surface area (Å²) >= 11 is 0. The number of benzene rings is 1. The first-order valence-corrected chi connectivity index (χ1v) is 16.1. The quantitative estimate of drug-likeness (QED) is 0.286. The van der Waals surface area contributed by atoms with Crippen LogP contribution in [0.15, 0.2) is 65.9 Å². The third kappa shape index (κ3) is 4.93. The molecule has 0 saturated carbocycles. The lowest BCUT2D eigenvalue weighted by atomic mass is 10.0. The predicted molar refractivity (Wildman–Crippen MR) is 177 cm³/mol. The normalized spacial score (nSPS) is 17.6. The summed E-state index contributed by atoms with van der Waals surface area (Å²) in [5.74, 6) is 0.928. The predicted octanol–water partition coefficient (Wildman–Crippen LogP) is 4.80. The highest BCUT2D eigenvalue weighted by Crippen LogP contribution is 2.35. The van der Waals surface area contributed by atoms with Gasteiger partial charge in [-0.05, 0) is 69.9 Å². The Balaban J connectivity index is 1.14. The molecule has 1 fully saturated rings. The van der Waals surface area contributed by atoms with E-state index in [4.69, 9.17) is 14.7 Å². The Labute approximate surface area is 265 Å². The molecule has 1 N–H and O–H groups in total. The number of aromatic nitrogens is 6. The highest BCUT2D eigenvalue weighted by Gasteiger charge is 2.27. The fourth-order valence-corrected chi connectivity index (χ4v) is 6.96. The number of hydrogen-bond acceptors (Lipinski definition) is 8. The Kier molecular flexibility index (Phi) is 7.08. The Morgan fingerprint density at radius 2 is 1.85 bits per heavy atom. The molecule has 0 aliphatic carbocycles. The fraction of sp³-hybridized carbons (Fsp3) is 0.382. The lowest BCUT2D eigenvalue weighted by molar-refractivity contribution is -0.121. The summed E-state index contributed by atoms with van der Waals surface area (Å²) in [6, 6.07) is 10.8. The molecule has 1 amide bonds. The van der Waals surface area contributed by atoms with Gasteiger partial charge in [0.1, 0.15) is 16.8 Å². The Bertz CT molecular complexity index is 2050. The zero-order chi connectivity index (χ0) is 31.4. The van der Waals surface area contributed by atoms with Gasteiger partial charge in [0, 0.05) is 49.5 Å². The number of ether oxygens (including phenoxy) is 1. The van der Waals surface area contributed by atoms with Gasteiger partial charge in [-0.1, -0.05) is 12.2 Å². The molecule has 5 aromatic rings. The summed E-state index contributed by atoms with van der Waals surface area (Å²) in [6.45, 7) is 7.71. The molecule has 3 aliphatic heterocycles. The maximum absolute atomic E-state index is 13.6. The number of anilines is 3. The van der Waals surface area contributed by atoms with Crippen LogP contribution in [0.3, 0.4) is 0 Å². The number of carbonyl (C=O) groups is 1. The summed E-state index contributed by atoms with van der Waals surface area (Å²) in [5, 5.41) is 4.77. The molecule has 0 unspecified atom stereocenters. The largest absolute Gasteiger partial charge is 0.482 e. The van der Waals surface area contributed by atoms with Crippen LogP contribution in [0.25, 0.3) is 27.8 Å². The first kappa shape index (κ1) is 28.5. The van der Waals surface area contributed by atoms with E-state index in [1.54, 1.807) is 20.5 Å². The van der Waals surface area contributed by atoms with Crippen molar-refractivity contribution in [3.05, 3.63) is 71.4 Å². The number of hydrogen-bond donors (Lipinski definition) is 1. The molecule has 0 atom stereocenters. The molecular weight excluding hydrogens is 582 g/mol. The SMILES string of the molecule is CC(C)N1CCC(n2ccc3cc(Nc4ncc5c(=O)n6n(c5n4)-c4ccc5c(c4)N(CCCC=CC6)C(=O)CO5)cnc32)CC1. The summed E-state index contributed by atoms with van der Waals surface area (Å²) in [4.78, 5) is 44.9. The van der Waals surface area contributed by atoms with Crippen LogP contribution >= 0.6 is 0 Å². The molecule has 236 valence electrons. The molecule has 3 aliphatic rings. The third-order valence-electron chi connectivity index (χ3n) is 9.44. The van der Waals surface area contributed by atoms with Crippen LogP contribution in [-0.4, -0.2) is 72.0 Å². The van der Waals surface area contributed by atoms with Crippen LogP contribution in [-0.2, 0) is 11.3 Å². The van der Waals surface area contributed by atoms with Crippen LogP contribution in [0.4, 0.5) is 17.3 Å². The minimum atomic E-state index is -0.186. The Morgan fingerprint density at radius 3 is 2.70 bits per heavy atom.